The van der Waals surface area contributed by atoms with Gasteiger partial charge >= 0.3 is 0 Å². The van der Waals surface area contributed by atoms with Crippen molar-refractivity contribution in [1.29, 1.82) is 5.26 Å². The lowest BCUT2D eigenvalue weighted by Gasteiger charge is -1.80. The van der Waals surface area contributed by atoms with Gasteiger partial charge in [0.05, 0.1) is 11.1 Å². The lowest BCUT2D eigenvalue weighted by atomic mass is 10.7. The molecular weight excluding hydrogens is 134 g/mol. The minimum atomic E-state index is 0.889. The molecule has 0 saturated heterocycles. The van der Waals surface area contributed by atoms with Crippen LogP contribution in [0, 0.1) is 10.7 Å². The monoisotopic (exact) mass is 139 g/mol. The van der Waals surface area contributed by atoms with Gasteiger partial charge in [0.15, 0.2) is 0 Å². The fourth-order valence-corrected chi connectivity index (χ4v) is 0.915. The van der Waals surface area contributed by atoms with Gasteiger partial charge in [0, 0.05) is 13.2 Å². The van der Waals surface area contributed by atoms with E-state index in [9.17, 15) is 0 Å². The quantitative estimate of drug-likeness (QED) is 0.430. The van der Waals surface area contributed by atoms with E-state index in [1.165, 1.54) is 0 Å². The molecule has 46 valence electrons. The highest BCUT2D eigenvalue weighted by Gasteiger charge is 1.92. The number of nitrogens with zero attached hydrogens (tertiary/aromatic N) is 3. The molecule has 1 rings (SSSR count). The summed E-state index contributed by atoms with van der Waals surface area (Å²) in [6.07, 6.45) is 3.46. The summed E-state index contributed by atoms with van der Waals surface area (Å²) >= 11 is 1.12. The first-order chi connectivity index (χ1) is 4.33. The average molecular weight is 139 g/mol. The molecule has 0 aromatic carbocycles. The van der Waals surface area contributed by atoms with Crippen LogP contribution in [-0.2, 0) is 7.05 Å². The van der Waals surface area contributed by atoms with Crippen molar-refractivity contribution in [2.24, 2.45) is 7.05 Å². The van der Waals surface area contributed by atoms with E-state index < -0.39 is 0 Å². The smallest absolute Gasteiger partial charge is 0.138 e. The summed E-state index contributed by atoms with van der Waals surface area (Å²) in [5.41, 5.74) is 0. The topological polar surface area (TPSA) is 41.6 Å². The Hall–Kier alpha value is -0.950. The van der Waals surface area contributed by atoms with E-state index in [2.05, 4.69) is 5.10 Å². The van der Waals surface area contributed by atoms with Crippen molar-refractivity contribution >= 4 is 11.8 Å². The molecule has 1 aromatic rings. The van der Waals surface area contributed by atoms with Gasteiger partial charge in [-0.05, 0) is 11.8 Å². The van der Waals surface area contributed by atoms with Gasteiger partial charge in [0.2, 0.25) is 0 Å². The molecule has 4 heteroatoms. The van der Waals surface area contributed by atoms with Crippen LogP contribution < -0.4 is 0 Å². The number of hydrogen-bond acceptors (Lipinski definition) is 3. The molecule has 9 heavy (non-hydrogen) atoms. The van der Waals surface area contributed by atoms with E-state index in [-0.39, 0.29) is 0 Å². The molecule has 1 aromatic heterocycles. The largest absolute Gasteiger partial charge is 0.275 e. The van der Waals surface area contributed by atoms with Crippen LogP contribution in [0.1, 0.15) is 0 Å². The van der Waals surface area contributed by atoms with Crippen molar-refractivity contribution in [1.82, 2.24) is 9.78 Å². The molecule has 0 bridgehead atoms. The minimum Gasteiger partial charge on any atom is -0.275 e. The first kappa shape index (κ1) is 6.17. The molecule has 0 aliphatic heterocycles. The number of hydrogen-bond donors (Lipinski definition) is 0. The molecule has 3 nitrogen and oxygen atoms in total. The van der Waals surface area contributed by atoms with E-state index >= 15 is 0 Å². The second-order valence-corrected chi connectivity index (χ2v) is 2.40. The highest BCUT2D eigenvalue weighted by molar-refractivity contribution is 8.03. The Morgan fingerprint density at radius 3 is 3.11 bits per heavy atom. The Morgan fingerprint density at radius 2 is 2.67 bits per heavy atom. The zero-order chi connectivity index (χ0) is 6.69. The summed E-state index contributed by atoms with van der Waals surface area (Å²) in [5, 5.41) is 14.0. The average Bonchev–Trinajstić information content (AvgIpc) is 2.17. The maximum absolute atomic E-state index is 8.20. The van der Waals surface area contributed by atoms with Crippen LogP contribution in [0.15, 0.2) is 17.3 Å². The summed E-state index contributed by atoms with van der Waals surface area (Å²) < 4.78 is 1.67. The molecule has 0 amide bonds. The van der Waals surface area contributed by atoms with Crippen molar-refractivity contribution in [3.05, 3.63) is 12.4 Å². The van der Waals surface area contributed by atoms with Crippen LogP contribution in [0.5, 0.6) is 0 Å². The van der Waals surface area contributed by atoms with Gasteiger partial charge in [-0.15, -0.1) is 0 Å². The summed E-state index contributed by atoms with van der Waals surface area (Å²) in [7, 11) is 1.82. The molecule has 1 heterocycles. The van der Waals surface area contributed by atoms with Gasteiger partial charge in [-0.3, -0.25) is 4.68 Å². The fourth-order valence-electron chi connectivity index (χ4n) is 0.504. The maximum Gasteiger partial charge on any atom is 0.138 e. The van der Waals surface area contributed by atoms with E-state index in [0.29, 0.717) is 0 Å². The third-order valence-corrected chi connectivity index (χ3v) is 1.38. The van der Waals surface area contributed by atoms with E-state index in [1.807, 2.05) is 12.4 Å². The van der Waals surface area contributed by atoms with Crippen LogP contribution in [0.4, 0.5) is 0 Å². The Kier molecular flexibility index (Phi) is 1.75. The Bertz CT molecular complexity index is 235. The molecule has 0 spiro atoms. The fraction of sp³-hybridized carbons (Fsp3) is 0.200. The first-order valence-corrected chi connectivity index (χ1v) is 3.19. The summed E-state index contributed by atoms with van der Waals surface area (Å²) in [5.74, 6) is 0. The zero-order valence-electron chi connectivity index (χ0n) is 4.90. The van der Waals surface area contributed by atoms with Crippen LogP contribution in [0.25, 0.3) is 0 Å². The van der Waals surface area contributed by atoms with Crippen molar-refractivity contribution < 1.29 is 0 Å². The van der Waals surface area contributed by atoms with Crippen LogP contribution in [-0.4, -0.2) is 9.78 Å². The van der Waals surface area contributed by atoms with Gasteiger partial charge in [-0.2, -0.15) is 10.4 Å². The highest BCUT2D eigenvalue weighted by Crippen LogP contribution is 2.13. The zero-order valence-corrected chi connectivity index (χ0v) is 5.72. The normalized spacial score (nSPS) is 8.89. The predicted molar refractivity (Wildman–Crippen MR) is 34.7 cm³/mol. The van der Waals surface area contributed by atoms with E-state index in [0.717, 1.165) is 16.7 Å². The third kappa shape index (κ3) is 1.47. The highest BCUT2D eigenvalue weighted by atomic mass is 32.2. The van der Waals surface area contributed by atoms with Crippen LogP contribution in [0.2, 0.25) is 0 Å². The number of aryl methyl sites for hydroxylation is 1. The number of nitriles is 1. The van der Waals surface area contributed by atoms with Gasteiger partial charge in [0.1, 0.15) is 5.40 Å². The molecule has 0 radical (unpaired) electrons. The number of thiocyanates is 1. The third-order valence-electron chi connectivity index (χ3n) is 0.845. The molecule has 0 saturated carbocycles. The summed E-state index contributed by atoms with van der Waals surface area (Å²) in [6.45, 7) is 0. The Labute approximate surface area is 57.3 Å². The van der Waals surface area contributed by atoms with E-state index in [1.54, 1.807) is 17.1 Å². The van der Waals surface area contributed by atoms with Crippen molar-refractivity contribution in [2.45, 2.75) is 4.90 Å². The first-order valence-electron chi connectivity index (χ1n) is 2.37. The molecular formula is C5H5N3S. The molecule has 0 aliphatic carbocycles. The SMILES string of the molecule is Cn1cc(SC#N)cn1. The second kappa shape index (κ2) is 2.55. The summed E-state index contributed by atoms with van der Waals surface area (Å²) in [6, 6.07) is 0. The van der Waals surface area contributed by atoms with Gasteiger partial charge < -0.3 is 0 Å². The molecule has 0 unspecified atom stereocenters. The van der Waals surface area contributed by atoms with Crippen molar-refractivity contribution in [3.63, 3.8) is 0 Å². The lowest BCUT2D eigenvalue weighted by molar-refractivity contribution is 0.766. The number of thioether (sulfide) groups is 1. The molecule has 0 atom stereocenters. The van der Waals surface area contributed by atoms with Crippen molar-refractivity contribution in [3.8, 4) is 5.40 Å². The molecule has 0 N–H and O–H groups in total. The maximum atomic E-state index is 8.20. The van der Waals surface area contributed by atoms with Crippen LogP contribution in [0.3, 0.4) is 0 Å². The van der Waals surface area contributed by atoms with Crippen molar-refractivity contribution in [2.75, 3.05) is 0 Å². The summed E-state index contributed by atoms with van der Waals surface area (Å²) in [4.78, 5) is 0.889. The van der Waals surface area contributed by atoms with Gasteiger partial charge in [-0.1, -0.05) is 0 Å². The number of rotatable bonds is 1. The second-order valence-electron chi connectivity index (χ2n) is 1.54. The Morgan fingerprint density at radius 1 is 1.89 bits per heavy atom. The van der Waals surface area contributed by atoms with Crippen LogP contribution >= 0.6 is 11.8 Å². The minimum absolute atomic E-state index is 0.889. The standard InChI is InChI=1S/C5H5N3S/c1-8-3-5(2-7-8)9-4-6/h2-3H,1H3. The van der Waals surface area contributed by atoms with Gasteiger partial charge in [-0.25, -0.2) is 0 Å². The number of aromatic nitrogens is 2. The predicted octanol–water partition coefficient (Wildman–Crippen LogP) is 0.993. The lowest BCUT2D eigenvalue weighted by Crippen LogP contribution is -1.83. The molecule has 0 aliphatic rings. The van der Waals surface area contributed by atoms with E-state index in [4.69, 9.17) is 5.26 Å². The van der Waals surface area contributed by atoms with Gasteiger partial charge in [0.25, 0.3) is 0 Å². The Balaban J connectivity index is 2.76. The molecule has 0 fully saturated rings.